The minimum atomic E-state index is -0.0936. The van der Waals surface area contributed by atoms with E-state index in [9.17, 15) is 4.79 Å². The van der Waals surface area contributed by atoms with Crippen molar-refractivity contribution in [2.45, 2.75) is 6.92 Å². The van der Waals surface area contributed by atoms with Gasteiger partial charge in [0.2, 0.25) is 5.95 Å². The maximum atomic E-state index is 12.3. The number of morpholine rings is 1. The summed E-state index contributed by atoms with van der Waals surface area (Å²) in [5.74, 6) is 0.620. The largest absolute Gasteiger partial charge is 0.378 e. The van der Waals surface area contributed by atoms with E-state index in [0.717, 1.165) is 34.7 Å². The molecule has 114 valence electrons. The molecule has 7 nitrogen and oxygen atoms in total. The second-order valence-electron chi connectivity index (χ2n) is 5.22. The molecule has 0 aromatic carbocycles. The number of hydrogen-bond acceptors (Lipinski definition) is 6. The summed E-state index contributed by atoms with van der Waals surface area (Å²) in [6.07, 6.45) is 1.77. The lowest BCUT2D eigenvalue weighted by Gasteiger charge is -2.26. The molecule has 1 saturated heterocycles. The van der Waals surface area contributed by atoms with Crippen LogP contribution in [0, 0.1) is 6.92 Å². The van der Waals surface area contributed by atoms with Crippen molar-refractivity contribution in [1.82, 2.24) is 20.2 Å². The van der Waals surface area contributed by atoms with E-state index in [4.69, 9.17) is 4.74 Å². The van der Waals surface area contributed by atoms with Crippen LogP contribution < -0.4 is 10.5 Å². The van der Waals surface area contributed by atoms with Crippen LogP contribution in [0.15, 0.2) is 17.1 Å². The quantitative estimate of drug-likeness (QED) is 0.748. The van der Waals surface area contributed by atoms with Crippen molar-refractivity contribution in [3.05, 3.63) is 28.3 Å². The van der Waals surface area contributed by atoms with E-state index in [1.54, 1.807) is 6.20 Å². The maximum Gasteiger partial charge on any atom is 0.270 e. The summed E-state index contributed by atoms with van der Waals surface area (Å²) in [4.78, 5) is 22.9. The monoisotopic (exact) mass is 317 g/mol. The molecule has 3 aromatic rings. The molecule has 1 fully saturated rings. The van der Waals surface area contributed by atoms with Gasteiger partial charge in [0.25, 0.3) is 5.56 Å². The number of H-pyrrole nitrogens is 2. The molecule has 2 N–H and O–H groups in total. The van der Waals surface area contributed by atoms with Crippen molar-refractivity contribution in [3.8, 4) is 10.4 Å². The fourth-order valence-electron chi connectivity index (χ4n) is 2.58. The third-order valence-corrected chi connectivity index (χ3v) is 4.93. The van der Waals surface area contributed by atoms with Crippen LogP contribution in [0.5, 0.6) is 0 Å². The Balaban J connectivity index is 1.81. The number of rotatable bonds is 2. The highest BCUT2D eigenvalue weighted by molar-refractivity contribution is 7.22. The van der Waals surface area contributed by atoms with Crippen molar-refractivity contribution in [2.75, 3.05) is 31.2 Å². The molecule has 22 heavy (non-hydrogen) atoms. The SMILES string of the molecule is Cc1[nH]ncc1-c1cc2nc(N3CCOCC3)[nH]c(=O)c2s1. The van der Waals surface area contributed by atoms with Crippen LogP contribution in [-0.4, -0.2) is 46.5 Å². The van der Waals surface area contributed by atoms with E-state index in [1.165, 1.54) is 11.3 Å². The van der Waals surface area contributed by atoms with Crippen LogP contribution in [0.25, 0.3) is 20.7 Å². The minimum absolute atomic E-state index is 0.0936. The lowest BCUT2D eigenvalue weighted by atomic mass is 10.2. The third-order valence-electron chi connectivity index (χ3n) is 3.78. The summed E-state index contributed by atoms with van der Waals surface area (Å²) in [5, 5.41) is 6.95. The lowest BCUT2D eigenvalue weighted by Crippen LogP contribution is -2.38. The average Bonchev–Trinajstić information content (AvgIpc) is 3.14. The molecular formula is C14H15N5O2S. The Morgan fingerprint density at radius 1 is 1.36 bits per heavy atom. The highest BCUT2D eigenvalue weighted by Crippen LogP contribution is 2.32. The molecule has 8 heteroatoms. The van der Waals surface area contributed by atoms with Gasteiger partial charge in [0, 0.05) is 29.2 Å². The highest BCUT2D eigenvalue weighted by atomic mass is 32.1. The summed E-state index contributed by atoms with van der Waals surface area (Å²) in [7, 11) is 0. The molecule has 1 aliphatic heterocycles. The molecule has 3 aromatic heterocycles. The van der Waals surface area contributed by atoms with Gasteiger partial charge in [0.05, 0.1) is 24.9 Å². The van der Waals surface area contributed by atoms with Gasteiger partial charge in [-0.05, 0) is 13.0 Å². The van der Waals surface area contributed by atoms with Gasteiger partial charge in [0.1, 0.15) is 4.70 Å². The molecule has 0 bridgehead atoms. The smallest absolute Gasteiger partial charge is 0.270 e. The average molecular weight is 317 g/mol. The topological polar surface area (TPSA) is 86.9 Å². The Labute approximate surface area is 130 Å². The van der Waals surface area contributed by atoms with Gasteiger partial charge in [-0.1, -0.05) is 0 Å². The molecule has 0 aliphatic carbocycles. The summed E-state index contributed by atoms with van der Waals surface area (Å²) in [5.41, 5.74) is 2.63. The van der Waals surface area contributed by atoms with Crippen molar-refractivity contribution in [1.29, 1.82) is 0 Å². The molecule has 0 radical (unpaired) electrons. The number of nitrogens with zero attached hydrogens (tertiary/aromatic N) is 3. The van der Waals surface area contributed by atoms with Crippen molar-refractivity contribution in [2.24, 2.45) is 0 Å². The van der Waals surface area contributed by atoms with Gasteiger partial charge in [-0.25, -0.2) is 4.98 Å². The Kier molecular flexibility index (Phi) is 3.20. The number of ether oxygens (including phenoxy) is 1. The van der Waals surface area contributed by atoms with Gasteiger partial charge in [0.15, 0.2) is 0 Å². The van der Waals surface area contributed by atoms with Gasteiger partial charge in [-0.15, -0.1) is 11.3 Å². The second kappa shape index (κ2) is 5.22. The van der Waals surface area contributed by atoms with Crippen LogP contribution in [-0.2, 0) is 4.74 Å². The number of aromatic nitrogens is 4. The zero-order valence-electron chi connectivity index (χ0n) is 12.0. The first-order valence-electron chi connectivity index (χ1n) is 7.09. The zero-order chi connectivity index (χ0) is 15.1. The number of nitrogens with one attached hydrogen (secondary N) is 2. The summed E-state index contributed by atoms with van der Waals surface area (Å²) in [6.45, 7) is 4.76. The predicted molar refractivity (Wildman–Crippen MR) is 85.6 cm³/mol. The number of hydrogen-bond donors (Lipinski definition) is 2. The number of fused-ring (bicyclic) bond motifs is 1. The molecule has 4 heterocycles. The van der Waals surface area contributed by atoms with Crippen molar-refractivity contribution < 1.29 is 4.74 Å². The standard InChI is InChI=1S/C14H15N5O2S/c1-8-9(7-15-18-8)11-6-10-12(22-11)13(20)17-14(16-10)19-2-4-21-5-3-19/h6-7H,2-5H2,1H3,(H,15,18)(H,16,17,20). The van der Waals surface area contributed by atoms with Crippen LogP contribution >= 0.6 is 11.3 Å². The van der Waals surface area contributed by atoms with Crippen LogP contribution in [0.1, 0.15) is 5.69 Å². The zero-order valence-corrected chi connectivity index (χ0v) is 12.9. The molecule has 0 unspecified atom stereocenters. The van der Waals surface area contributed by atoms with E-state index in [-0.39, 0.29) is 5.56 Å². The first kappa shape index (κ1) is 13.5. The molecule has 0 amide bonds. The summed E-state index contributed by atoms with van der Waals surface area (Å²) >= 11 is 1.44. The number of anilines is 1. The third kappa shape index (κ3) is 2.20. The summed E-state index contributed by atoms with van der Waals surface area (Å²) < 4.78 is 5.98. The van der Waals surface area contributed by atoms with Crippen LogP contribution in [0.2, 0.25) is 0 Å². The number of aromatic amines is 2. The van der Waals surface area contributed by atoms with E-state index in [1.807, 2.05) is 17.9 Å². The van der Waals surface area contributed by atoms with E-state index >= 15 is 0 Å². The molecule has 0 saturated carbocycles. The van der Waals surface area contributed by atoms with Gasteiger partial charge in [-0.3, -0.25) is 14.9 Å². The van der Waals surface area contributed by atoms with E-state index in [2.05, 4.69) is 20.2 Å². The Morgan fingerprint density at radius 3 is 2.91 bits per heavy atom. The van der Waals surface area contributed by atoms with Gasteiger partial charge < -0.3 is 9.64 Å². The maximum absolute atomic E-state index is 12.3. The molecule has 1 aliphatic rings. The fourth-order valence-corrected chi connectivity index (χ4v) is 3.64. The van der Waals surface area contributed by atoms with Crippen LogP contribution in [0.4, 0.5) is 5.95 Å². The highest BCUT2D eigenvalue weighted by Gasteiger charge is 2.17. The Morgan fingerprint density at radius 2 is 2.18 bits per heavy atom. The van der Waals surface area contributed by atoms with Crippen molar-refractivity contribution in [3.63, 3.8) is 0 Å². The molecular weight excluding hydrogens is 302 g/mol. The van der Waals surface area contributed by atoms with Crippen LogP contribution in [0.3, 0.4) is 0 Å². The van der Waals surface area contributed by atoms with Gasteiger partial charge >= 0.3 is 0 Å². The van der Waals surface area contributed by atoms with Crippen molar-refractivity contribution >= 4 is 27.5 Å². The molecule has 0 atom stereocenters. The lowest BCUT2D eigenvalue weighted by molar-refractivity contribution is 0.122. The normalized spacial score (nSPS) is 15.6. The first-order chi connectivity index (χ1) is 10.7. The predicted octanol–water partition coefficient (Wildman–Crippen LogP) is 1.52. The Bertz CT molecular complexity index is 875. The van der Waals surface area contributed by atoms with E-state index in [0.29, 0.717) is 23.9 Å². The number of aryl methyl sites for hydroxylation is 1. The molecule has 0 spiro atoms. The number of thiophene rings is 1. The minimum Gasteiger partial charge on any atom is -0.378 e. The first-order valence-corrected chi connectivity index (χ1v) is 7.91. The Hall–Kier alpha value is -2.19. The second-order valence-corrected chi connectivity index (χ2v) is 6.27. The molecule has 4 rings (SSSR count). The summed E-state index contributed by atoms with van der Waals surface area (Å²) in [6, 6.07) is 1.96. The fraction of sp³-hybridized carbons (Fsp3) is 0.357. The van der Waals surface area contributed by atoms with E-state index < -0.39 is 0 Å². The van der Waals surface area contributed by atoms with Gasteiger partial charge in [-0.2, -0.15) is 5.10 Å².